The Bertz CT molecular complexity index is 1450. The van der Waals surface area contributed by atoms with E-state index < -0.39 is 15.7 Å². The zero-order chi connectivity index (χ0) is 23.9. The second-order valence-corrected chi connectivity index (χ2v) is 10.5. The summed E-state index contributed by atoms with van der Waals surface area (Å²) in [6, 6.07) is 9.60. The van der Waals surface area contributed by atoms with Crippen molar-refractivity contribution in [2.75, 3.05) is 24.2 Å². The van der Waals surface area contributed by atoms with Gasteiger partial charge in [-0.25, -0.2) is 22.8 Å². The number of halogens is 1. The molecule has 0 spiro atoms. The zero-order valence-corrected chi connectivity index (χ0v) is 19.7. The van der Waals surface area contributed by atoms with Crippen molar-refractivity contribution in [3.05, 3.63) is 60.3 Å². The van der Waals surface area contributed by atoms with Gasteiger partial charge in [0.25, 0.3) is 0 Å². The monoisotopic (exact) mass is 481 g/mol. The molecule has 0 aliphatic carbocycles. The first-order valence-corrected chi connectivity index (χ1v) is 13.1. The average molecular weight is 482 g/mol. The molecule has 0 atom stereocenters. The average Bonchev–Trinajstić information content (AvgIpc) is 3.33. The molecular weight excluding hydrogens is 457 g/mol. The van der Waals surface area contributed by atoms with E-state index in [1.165, 1.54) is 18.6 Å². The van der Waals surface area contributed by atoms with Crippen LogP contribution in [0.2, 0.25) is 0 Å². The van der Waals surface area contributed by atoms with Crippen LogP contribution in [-0.2, 0) is 16.3 Å². The van der Waals surface area contributed by atoms with E-state index >= 15 is 4.39 Å². The Morgan fingerprint density at radius 3 is 2.47 bits per heavy atom. The number of hydrogen-bond acceptors (Lipinski definition) is 8. The Morgan fingerprint density at radius 2 is 1.82 bits per heavy atom. The maximum Gasteiger partial charge on any atom is 0.229 e. The van der Waals surface area contributed by atoms with Crippen molar-refractivity contribution in [3.63, 3.8) is 0 Å². The first-order chi connectivity index (χ1) is 16.3. The molecule has 1 aliphatic heterocycles. The Morgan fingerprint density at radius 1 is 1.09 bits per heavy atom. The van der Waals surface area contributed by atoms with Crippen LogP contribution in [0.1, 0.15) is 37.4 Å². The predicted molar refractivity (Wildman–Crippen MR) is 126 cm³/mol. The van der Waals surface area contributed by atoms with Gasteiger partial charge in [0.05, 0.1) is 15.8 Å². The highest BCUT2D eigenvalue weighted by Crippen LogP contribution is 2.36. The lowest BCUT2D eigenvalue weighted by Gasteiger charge is -2.32. The van der Waals surface area contributed by atoms with Crippen LogP contribution < -0.4 is 4.90 Å². The lowest BCUT2D eigenvalue weighted by Crippen LogP contribution is -2.34. The fraction of sp³-hybridized carbons (Fsp3) is 0.333. The third kappa shape index (κ3) is 4.13. The van der Waals surface area contributed by atoms with Gasteiger partial charge in [-0.1, -0.05) is 24.2 Å². The van der Waals surface area contributed by atoms with Gasteiger partial charge in [-0.3, -0.25) is 0 Å². The molecule has 34 heavy (non-hydrogen) atoms. The summed E-state index contributed by atoms with van der Waals surface area (Å²) in [4.78, 5) is 15.6. The maximum absolute atomic E-state index is 15.1. The molecule has 10 heteroatoms. The van der Waals surface area contributed by atoms with Crippen LogP contribution in [0.25, 0.3) is 22.0 Å². The summed E-state index contributed by atoms with van der Waals surface area (Å²) in [6.45, 7) is 3.33. The summed E-state index contributed by atoms with van der Waals surface area (Å²) >= 11 is 0. The van der Waals surface area contributed by atoms with Crippen LogP contribution in [0.4, 0.5) is 10.2 Å². The van der Waals surface area contributed by atoms with Gasteiger partial charge in [0.2, 0.25) is 5.89 Å². The summed E-state index contributed by atoms with van der Waals surface area (Å²) in [7, 11) is -3.30. The van der Waals surface area contributed by atoms with E-state index in [0.29, 0.717) is 47.1 Å². The molecule has 0 bridgehead atoms. The molecule has 5 rings (SSSR count). The molecular formula is C24H24FN5O3S. The summed E-state index contributed by atoms with van der Waals surface area (Å²) in [5, 5.41) is 4.35. The standard InChI is InChI=1S/C24H24FN5O3S/c1-3-20-28-24(33-29-20)16-10-12-30(13-11-16)23-21-19(25)9-8-18(22(21)26-14-27-23)15-4-6-17(7-5-15)34(2,31)32/h4-9,14,16H,3,10-13H2,1-2H3. The highest BCUT2D eigenvalue weighted by atomic mass is 32.2. The van der Waals surface area contributed by atoms with Crippen molar-refractivity contribution in [2.24, 2.45) is 0 Å². The van der Waals surface area contributed by atoms with E-state index in [1.807, 2.05) is 6.92 Å². The minimum atomic E-state index is -3.30. The number of anilines is 1. The fourth-order valence-electron chi connectivity index (χ4n) is 4.39. The Labute approximate surface area is 196 Å². The summed E-state index contributed by atoms with van der Waals surface area (Å²) in [5.41, 5.74) is 1.96. The molecule has 1 fully saturated rings. The molecule has 0 saturated carbocycles. The van der Waals surface area contributed by atoms with E-state index in [-0.39, 0.29) is 10.8 Å². The number of rotatable bonds is 5. The van der Waals surface area contributed by atoms with Crippen LogP contribution in [0.5, 0.6) is 0 Å². The van der Waals surface area contributed by atoms with E-state index in [2.05, 4.69) is 25.0 Å². The van der Waals surface area contributed by atoms with Gasteiger partial charge in [0.15, 0.2) is 15.7 Å². The molecule has 8 nitrogen and oxygen atoms in total. The number of aryl methyl sites for hydroxylation is 1. The number of benzene rings is 2. The number of aromatic nitrogens is 4. The van der Waals surface area contributed by atoms with Crippen molar-refractivity contribution < 1.29 is 17.3 Å². The van der Waals surface area contributed by atoms with Crippen LogP contribution in [0.15, 0.2) is 52.1 Å². The number of piperidine rings is 1. The molecule has 0 unspecified atom stereocenters. The minimum absolute atomic E-state index is 0.172. The van der Waals surface area contributed by atoms with Gasteiger partial charge in [-0.05, 0) is 42.7 Å². The molecule has 1 aliphatic rings. The number of nitrogens with zero attached hydrogens (tertiary/aromatic N) is 5. The topological polar surface area (TPSA) is 102 Å². The minimum Gasteiger partial charge on any atom is -0.356 e. The molecule has 3 heterocycles. The number of sulfone groups is 1. The third-order valence-corrected chi connectivity index (χ3v) is 7.38. The summed E-state index contributed by atoms with van der Waals surface area (Å²) in [5.74, 6) is 1.70. The lowest BCUT2D eigenvalue weighted by molar-refractivity contribution is 0.326. The number of fused-ring (bicyclic) bond motifs is 1. The van der Waals surface area contributed by atoms with Gasteiger partial charge < -0.3 is 9.42 Å². The van der Waals surface area contributed by atoms with E-state index in [9.17, 15) is 8.42 Å². The van der Waals surface area contributed by atoms with Gasteiger partial charge in [0.1, 0.15) is 18.0 Å². The molecule has 1 saturated heterocycles. The third-order valence-electron chi connectivity index (χ3n) is 6.25. The Balaban J connectivity index is 1.47. The fourth-order valence-corrected chi connectivity index (χ4v) is 5.02. The van der Waals surface area contributed by atoms with Crippen molar-refractivity contribution in [1.29, 1.82) is 0 Å². The van der Waals surface area contributed by atoms with Gasteiger partial charge in [-0.15, -0.1) is 0 Å². The highest BCUT2D eigenvalue weighted by molar-refractivity contribution is 7.90. The smallest absolute Gasteiger partial charge is 0.229 e. The van der Waals surface area contributed by atoms with Crippen molar-refractivity contribution in [3.8, 4) is 11.1 Å². The molecule has 2 aromatic heterocycles. The molecule has 0 radical (unpaired) electrons. The summed E-state index contributed by atoms with van der Waals surface area (Å²) in [6.07, 6.45) is 4.94. The Hall–Kier alpha value is -3.40. The molecule has 0 N–H and O–H groups in total. The van der Waals surface area contributed by atoms with Crippen LogP contribution in [0.3, 0.4) is 0 Å². The first-order valence-electron chi connectivity index (χ1n) is 11.2. The first kappa shape index (κ1) is 22.4. The van der Waals surface area contributed by atoms with Crippen LogP contribution >= 0.6 is 0 Å². The molecule has 176 valence electrons. The molecule has 2 aromatic carbocycles. The number of hydrogen-bond donors (Lipinski definition) is 0. The quantitative estimate of drug-likeness (QED) is 0.419. The van der Waals surface area contributed by atoms with Crippen LogP contribution in [0, 0.1) is 5.82 Å². The summed E-state index contributed by atoms with van der Waals surface area (Å²) < 4.78 is 44.1. The predicted octanol–water partition coefficient (Wildman–Crippen LogP) is 4.17. The Kier molecular flexibility index (Phi) is 5.76. The highest BCUT2D eigenvalue weighted by Gasteiger charge is 2.27. The van der Waals surface area contributed by atoms with E-state index in [0.717, 1.165) is 24.8 Å². The molecule has 0 amide bonds. The van der Waals surface area contributed by atoms with E-state index in [1.54, 1.807) is 30.3 Å². The second kappa shape index (κ2) is 8.75. The van der Waals surface area contributed by atoms with Gasteiger partial charge in [-0.2, -0.15) is 4.98 Å². The maximum atomic E-state index is 15.1. The SMILES string of the molecule is CCc1noc(C2CCN(c3ncnc4c(-c5ccc(S(C)(=O)=O)cc5)ccc(F)c34)CC2)n1. The van der Waals surface area contributed by atoms with Crippen LogP contribution in [-0.4, -0.2) is 47.9 Å². The van der Waals surface area contributed by atoms with Crippen molar-refractivity contribution in [1.82, 2.24) is 20.1 Å². The molecule has 4 aromatic rings. The largest absolute Gasteiger partial charge is 0.356 e. The van der Waals surface area contributed by atoms with Crippen molar-refractivity contribution >= 4 is 26.6 Å². The van der Waals surface area contributed by atoms with Gasteiger partial charge in [0, 0.05) is 37.2 Å². The lowest BCUT2D eigenvalue weighted by atomic mass is 9.96. The van der Waals surface area contributed by atoms with Gasteiger partial charge >= 0.3 is 0 Å². The second-order valence-electron chi connectivity index (χ2n) is 8.48. The zero-order valence-electron chi connectivity index (χ0n) is 18.9. The van der Waals surface area contributed by atoms with Crippen molar-refractivity contribution in [2.45, 2.75) is 37.0 Å². The normalized spacial score (nSPS) is 15.2. The van der Waals surface area contributed by atoms with E-state index in [4.69, 9.17) is 4.52 Å².